The standard InChI is InChI=1S/C20H19N3O2/c24-20(22-16-7-3-1-4-8-16)18-11-12-25-19(18)15-13-21-23(14-15)17-9-5-2-6-10-17/h1-10,13-14,18-19H,11-12H2,(H,22,24)/t18-,19+/m0/s1. The number of aromatic nitrogens is 2. The lowest BCUT2D eigenvalue weighted by atomic mass is 9.96. The third-order valence-electron chi connectivity index (χ3n) is 4.42. The normalized spacial score (nSPS) is 19.7. The van der Waals surface area contributed by atoms with Gasteiger partial charge in [0.15, 0.2) is 0 Å². The van der Waals surface area contributed by atoms with Crippen LogP contribution in [0.1, 0.15) is 18.1 Å². The Labute approximate surface area is 146 Å². The van der Waals surface area contributed by atoms with Crippen molar-refractivity contribution in [2.75, 3.05) is 11.9 Å². The number of nitrogens with zero attached hydrogens (tertiary/aromatic N) is 2. The maximum atomic E-state index is 12.7. The van der Waals surface area contributed by atoms with Gasteiger partial charge in [-0.25, -0.2) is 4.68 Å². The average Bonchev–Trinajstić information content (AvgIpc) is 3.32. The summed E-state index contributed by atoms with van der Waals surface area (Å²) in [4.78, 5) is 12.7. The molecular weight excluding hydrogens is 314 g/mol. The van der Waals surface area contributed by atoms with Crippen molar-refractivity contribution in [2.24, 2.45) is 5.92 Å². The van der Waals surface area contributed by atoms with Crippen molar-refractivity contribution in [3.8, 4) is 5.69 Å². The van der Waals surface area contributed by atoms with Gasteiger partial charge in [-0.05, 0) is 30.7 Å². The molecule has 1 N–H and O–H groups in total. The van der Waals surface area contributed by atoms with E-state index in [-0.39, 0.29) is 17.9 Å². The predicted molar refractivity (Wildman–Crippen MR) is 95.4 cm³/mol. The Bertz CT molecular complexity index is 846. The molecule has 0 spiro atoms. The van der Waals surface area contributed by atoms with Crippen LogP contribution in [-0.2, 0) is 9.53 Å². The molecule has 25 heavy (non-hydrogen) atoms. The number of para-hydroxylation sites is 2. The fraction of sp³-hybridized carbons (Fsp3) is 0.200. The quantitative estimate of drug-likeness (QED) is 0.794. The van der Waals surface area contributed by atoms with Crippen LogP contribution in [0, 0.1) is 5.92 Å². The summed E-state index contributed by atoms with van der Waals surface area (Å²) in [5, 5.41) is 7.39. The van der Waals surface area contributed by atoms with Crippen LogP contribution >= 0.6 is 0 Å². The van der Waals surface area contributed by atoms with Gasteiger partial charge in [-0.1, -0.05) is 36.4 Å². The molecule has 3 aromatic rings. The van der Waals surface area contributed by atoms with Crippen molar-refractivity contribution in [2.45, 2.75) is 12.5 Å². The monoisotopic (exact) mass is 333 g/mol. The molecule has 1 aliphatic heterocycles. The number of hydrogen-bond donors (Lipinski definition) is 1. The Morgan fingerprint density at radius 3 is 2.56 bits per heavy atom. The second-order valence-corrected chi connectivity index (χ2v) is 6.10. The van der Waals surface area contributed by atoms with Crippen LogP contribution in [0.15, 0.2) is 73.1 Å². The van der Waals surface area contributed by atoms with Crippen LogP contribution in [0.5, 0.6) is 0 Å². The van der Waals surface area contributed by atoms with E-state index in [1.165, 1.54) is 0 Å². The molecule has 0 saturated carbocycles. The molecule has 126 valence electrons. The molecule has 2 aromatic carbocycles. The Morgan fingerprint density at radius 2 is 1.80 bits per heavy atom. The van der Waals surface area contributed by atoms with Crippen LogP contribution in [-0.4, -0.2) is 22.3 Å². The number of amides is 1. The number of anilines is 1. The fourth-order valence-electron chi connectivity index (χ4n) is 3.15. The topological polar surface area (TPSA) is 56.1 Å². The first-order valence-corrected chi connectivity index (χ1v) is 8.39. The molecule has 1 aromatic heterocycles. The van der Waals surface area contributed by atoms with Crippen molar-refractivity contribution in [1.82, 2.24) is 9.78 Å². The molecule has 0 bridgehead atoms. The number of carbonyl (C=O) groups is 1. The molecule has 0 unspecified atom stereocenters. The Kier molecular flexibility index (Phi) is 4.31. The summed E-state index contributed by atoms with van der Waals surface area (Å²) in [7, 11) is 0. The molecule has 2 heterocycles. The fourth-order valence-corrected chi connectivity index (χ4v) is 3.15. The summed E-state index contributed by atoms with van der Waals surface area (Å²) in [5.74, 6) is -0.227. The van der Waals surface area contributed by atoms with Gasteiger partial charge in [0.1, 0.15) is 0 Å². The molecule has 4 rings (SSSR count). The third kappa shape index (κ3) is 3.32. The maximum Gasteiger partial charge on any atom is 0.230 e. The Morgan fingerprint density at radius 1 is 1.08 bits per heavy atom. The van der Waals surface area contributed by atoms with Gasteiger partial charge in [0.25, 0.3) is 0 Å². The molecule has 1 fully saturated rings. The van der Waals surface area contributed by atoms with E-state index in [1.807, 2.05) is 71.5 Å². The number of hydrogen-bond acceptors (Lipinski definition) is 3. The number of ether oxygens (including phenoxy) is 1. The highest BCUT2D eigenvalue weighted by molar-refractivity contribution is 5.93. The summed E-state index contributed by atoms with van der Waals surface area (Å²) >= 11 is 0. The van der Waals surface area contributed by atoms with E-state index in [0.29, 0.717) is 13.0 Å². The smallest absolute Gasteiger partial charge is 0.230 e. The largest absolute Gasteiger partial charge is 0.373 e. The van der Waals surface area contributed by atoms with Gasteiger partial charge in [-0.3, -0.25) is 4.79 Å². The SMILES string of the molecule is O=C(Nc1ccccc1)[C@H]1CCO[C@@H]1c1cnn(-c2ccccc2)c1. The lowest BCUT2D eigenvalue weighted by Crippen LogP contribution is -2.25. The van der Waals surface area contributed by atoms with E-state index in [1.54, 1.807) is 6.20 Å². The van der Waals surface area contributed by atoms with Crippen LogP contribution in [0.3, 0.4) is 0 Å². The summed E-state index contributed by atoms with van der Waals surface area (Å²) in [5.41, 5.74) is 2.71. The lowest BCUT2D eigenvalue weighted by Gasteiger charge is -2.17. The highest BCUT2D eigenvalue weighted by atomic mass is 16.5. The summed E-state index contributed by atoms with van der Waals surface area (Å²) in [6.45, 7) is 0.577. The number of rotatable bonds is 4. The van der Waals surface area contributed by atoms with E-state index >= 15 is 0 Å². The first-order valence-electron chi connectivity index (χ1n) is 8.39. The van der Waals surface area contributed by atoms with Crippen molar-refractivity contribution >= 4 is 11.6 Å². The van der Waals surface area contributed by atoms with Crippen LogP contribution in [0.2, 0.25) is 0 Å². The van der Waals surface area contributed by atoms with Gasteiger partial charge < -0.3 is 10.1 Å². The summed E-state index contributed by atoms with van der Waals surface area (Å²) in [6, 6.07) is 19.4. The zero-order valence-electron chi connectivity index (χ0n) is 13.7. The second-order valence-electron chi connectivity index (χ2n) is 6.10. The maximum absolute atomic E-state index is 12.7. The van der Waals surface area contributed by atoms with Crippen molar-refractivity contribution < 1.29 is 9.53 Å². The third-order valence-corrected chi connectivity index (χ3v) is 4.42. The number of carbonyl (C=O) groups excluding carboxylic acids is 1. The molecule has 0 aliphatic carbocycles. The lowest BCUT2D eigenvalue weighted by molar-refractivity contribution is -0.121. The van der Waals surface area contributed by atoms with E-state index in [9.17, 15) is 4.79 Å². The van der Waals surface area contributed by atoms with Crippen LogP contribution in [0.25, 0.3) is 5.69 Å². The molecule has 2 atom stereocenters. The zero-order chi connectivity index (χ0) is 17.1. The molecule has 5 heteroatoms. The Balaban J connectivity index is 1.52. The van der Waals surface area contributed by atoms with E-state index in [2.05, 4.69) is 10.4 Å². The molecule has 0 radical (unpaired) electrons. The Hall–Kier alpha value is -2.92. The van der Waals surface area contributed by atoms with E-state index in [0.717, 1.165) is 16.9 Å². The zero-order valence-corrected chi connectivity index (χ0v) is 13.7. The first-order chi connectivity index (χ1) is 12.3. The molecule has 1 amide bonds. The van der Waals surface area contributed by atoms with Crippen molar-refractivity contribution in [3.63, 3.8) is 0 Å². The predicted octanol–water partition coefficient (Wildman–Crippen LogP) is 3.59. The van der Waals surface area contributed by atoms with E-state index in [4.69, 9.17) is 4.74 Å². The average molecular weight is 333 g/mol. The highest BCUT2D eigenvalue weighted by Crippen LogP contribution is 2.35. The minimum Gasteiger partial charge on any atom is -0.373 e. The first kappa shape index (κ1) is 15.6. The van der Waals surface area contributed by atoms with E-state index < -0.39 is 0 Å². The van der Waals surface area contributed by atoms with Gasteiger partial charge in [0.05, 0.1) is 23.9 Å². The van der Waals surface area contributed by atoms with Crippen LogP contribution < -0.4 is 5.32 Å². The number of benzene rings is 2. The van der Waals surface area contributed by atoms with Gasteiger partial charge in [-0.15, -0.1) is 0 Å². The van der Waals surface area contributed by atoms with Crippen LogP contribution in [0.4, 0.5) is 5.69 Å². The number of nitrogens with one attached hydrogen (secondary N) is 1. The van der Waals surface area contributed by atoms with Gasteiger partial charge >= 0.3 is 0 Å². The highest BCUT2D eigenvalue weighted by Gasteiger charge is 2.36. The van der Waals surface area contributed by atoms with Crippen molar-refractivity contribution in [3.05, 3.63) is 78.6 Å². The molecule has 1 aliphatic rings. The summed E-state index contributed by atoms with van der Waals surface area (Å²) in [6.07, 6.45) is 4.17. The summed E-state index contributed by atoms with van der Waals surface area (Å²) < 4.78 is 7.65. The van der Waals surface area contributed by atoms with Gasteiger partial charge in [0, 0.05) is 24.1 Å². The molecule has 5 nitrogen and oxygen atoms in total. The molecule has 1 saturated heterocycles. The van der Waals surface area contributed by atoms with Gasteiger partial charge in [0.2, 0.25) is 5.91 Å². The van der Waals surface area contributed by atoms with Crippen molar-refractivity contribution in [1.29, 1.82) is 0 Å². The minimum atomic E-state index is -0.263. The molecular formula is C20H19N3O2. The van der Waals surface area contributed by atoms with Gasteiger partial charge in [-0.2, -0.15) is 5.10 Å². The minimum absolute atomic E-state index is 0.0128. The second kappa shape index (κ2) is 6.91.